The van der Waals surface area contributed by atoms with Crippen molar-refractivity contribution in [1.29, 1.82) is 0 Å². The van der Waals surface area contributed by atoms with Crippen LogP contribution in [0, 0.1) is 5.82 Å². The van der Waals surface area contributed by atoms with Crippen LogP contribution in [0.3, 0.4) is 0 Å². The highest BCUT2D eigenvalue weighted by Crippen LogP contribution is 2.49. The number of ether oxygens (including phenoxy) is 1. The molecule has 2 heterocycles. The number of phenols is 1. The number of rotatable bonds is 9. The molecule has 2 fully saturated rings. The topological polar surface area (TPSA) is 110 Å². The summed E-state index contributed by atoms with van der Waals surface area (Å²) in [6.45, 7) is -0.139. The number of anilines is 1. The van der Waals surface area contributed by atoms with E-state index in [1.54, 1.807) is 23.1 Å². The summed E-state index contributed by atoms with van der Waals surface area (Å²) in [7, 11) is 0. The zero-order valence-corrected chi connectivity index (χ0v) is 25.4. The molecule has 2 aliphatic rings. The highest BCUT2D eigenvalue weighted by atomic mass is 32.2. The Hall–Kier alpha value is -3.73. The Balaban J connectivity index is 1.25. The van der Waals surface area contributed by atoms with Crippen LogP contribution in [0.1, 0.15) is 60.6 Å². The quantitative estimate of drug-likeness (QED) is 0.157. The second-order valence-electron chi connectivity index (χ2n) is 11.7. The molecule has 6 unspecified atom stereocenters. The van der Waals surface area contributed by atoms with Gasteiger partial charge in [-0.2, -0.15) is 0 Å². The number of thioether (sulfide) groups is 1. The maximum Gasteiger partial charge on any atom is 0.287 e. The molecular formula is C36H36FNO6S. The Morgan fingerprint density at radius 2 is 1.64 bits per heavy atom. The number of para-hydroxylation sites is 1. The smallest absolute Gasteiger partial charge is 0.287 e. The number of hydrogen-bond donors (Lipinski definition) is 4. The van der Waals surface area contributed by atoms with Crippen LogP contribution < -0.4 is 4.90 Å². The number of carbonyl (C=O) groups excluding carboxylic acids is 1. The normalized spacial score (nSPS) is 24.1. The Morgan fingerprint density at radius 1 is 0.933 bits per heavy atom. The monoisotopic (exact) mass is 629 g/mol. The summed E-state index contributed by atoms with van der Waals surface area (Å²) in [4.78, 5) is 15.1. The van der Waals surface area contributed by atoms with Crippen LogP contribution >= 0.6 is 11.8 Å². The molecule has 2 aliphatic heterocycles. The molecule has 4 aromatic rings. The number of halogens is 1. The van der Waals surface area contributed by atoms with E-state index in [0.717, 1.165) is 22.4 Å². The molecule has 0 bridgehead atoms. The van der Waals surface area contributed by atoms with E-state index in [4.69, 9.17) is 4.74 Å². The van der Waals surface area contributed by atoms with E-state index in [-0.39, 0.29) is 34.8 Å². The number of aliphatic hydroxyl groups excluding tert-OH is 3. The van der Waals surface area contributed by atoms with Crippen molar-refractivity contribution < 1.29 is 34.3 Å². The molecule has 6 atom stereocenters. The van der Waals surface area contributed by atoms with Crippen molar-refractivity contribution in [2.24, 2.45) is 0 Å². The first-order valence-corrected chi connectivity index (χ1v) is 16.0. The average Bonchev–Trinajstić information content (AvgIpc) is 3.39. The van der Waals surface area contributed by atoms with Gasteiger partial charge in [0, 0.05) is 29.3 Å². The Labute approximate surface area is 265 Å². The summed E-state index contributed by atoms with van der Waals surface area (Å²) < 4.78 is 19.3. The lowest BCUT2D eigenvalue weighted by Crippen LogP contribution is -2.33. The minimum Gasteiger partial charge on any atom is -0.508 e. The lowest BCUT2D eigenvalue weighted by Gasteiger charge is -2.32. The largest absolute Gasteiger partial charge is 0.508 e. The molecule has 0 aromatic heterocycles. The Bertz CT molecular complexity index is 1600. The molecule has 4 N–H and O–H groups in total. The van der Waals surface area contributed by atoms with E-state index in [2.05, 4.69) is 0 Å². The van der Waals surface area contributed by atoms with Gasteiger partial charge in [0.15, 0.2) is 0 Å². The van der Waals surface area contributed by atoms with Gasteiger partial charge in [-0.3, -0.25) is 9.69 Å². The molecule has 0 radical (unpaired) electrons. The summed E-state index contributed by atoms with van der Waals surface area (Å²) in [5.74, 6) is -0.308. The number of aromatic hydroxyl groups is 1. The van der Waals surface area contributed by atoms with Gasteiger partial charge in [-0.15, -0.1) is 0 Å². The standard InChI is InChI=1S/C36H36FNO6S/c37-26-13-10-23(11-14-26)31(41)16-17-34-35(38(36(43)45-34)27-4-2-1-3-5-27)30-15-12-25(18-32(30)42)22-6-8-24(9-7-22)33-20-28(40)19-29(21-39)44-33/h1-15,18,28-29,31,33-35,39-42H,16-17,19-21H2. The zero-order valence-electron chi connectivity index (χ0n) is 24.6. The van der Waals surface area contributed by atoms with Crippen molar-refractivity contribution in [1.82, 2.24) is 0 Å². The van der Waals surface area contributed by atoms with Gasteiger partial charge in [-0.05, 0) is 65.4 Å². The van der Waals surface area contributed by atoms with Gasteiger partial charge >= 0.3 is 0 Å². The van der Waals surface area contributed by atoms with Crippen molar-refractivity contribution in [3.05, 3.63) is 120 Å². The first-order valence-electron chi connectivity index (χ1n) is 15.2. The van der Waals surface area contributed by atoms with E-state index in [9.17, 15) is 29.6 Å². The second kappa shape index (κ2) is 13.7. The van der Waals surface area contributed by atoms with Gasteiger partial charge in [0.05, 0.1) is 37.1 Å². The third kappa shape index (κ3) is 6.93. The third-order valence-corrected chi connectivity index (χ3v) is 9.83. The molecule has 0 spiro atoms. The molecule has 45 heavy (non-hydrogen) atoms. The second-order valence-corrected chi connectivity index (χ2v) is 12.9. The van der Waals surface area contributed by atoms with Crippen LogP contribution in [0.15, 0.2) is 97.1 Å². The molecule has 0 saturated carbocycles. The summed E-state index contributed by atoms with van der Waals surface area (Å²) in [5.41, 5.74) is 4.53. The van der Waals surface area contributed by atoms with Crippen LogP contribution in [-0.4, -0.2) is 49.7 Å². The van der Waals surface area contributed by atoms with E-state index in [1.807, 2.05) is 66.7 Å². The van der Waals surface area contributed by atoms with Crippen molar-refractivity contribution in [2.45, 2.75) is 61.4 Å². The minimum absolute atomic E-state index is 0.0615. The van der Waals surface area contributed by atoms with Gasteiger partial charge in [-0.1, -0.05) is 78.5 Å². The molecule has 6 rings (SSSR count). The SMILES string of the molecule is O=C1SC(CCC(O)c2ccc(F)cc2)C(c2ccc(-c3ccc(C4CC(O)CC(CO)O4)cc3)cc2O)N1c1ccccc1. The molecule has 4 aromatic carbocycles. The van der Waals surface area contributed by atoms with Crippen molar-refractivity contribution in [3.8, 4) is 16.9 Å². The molecule has 7 nitrogen and oxygen atoms in total. The van der Waals surface area contributed by atoms with E-state index < -0.39 is 24.4 Å². The third-order valence-electron chi connectivity index (χ3n) is 8.64. The number of nitrogens with zero attached hydrogens (tertiary/aromatic N) is 1. The fourth-order valence-corrected chi connectivity index (χ4v) is 7.54. The Morgan fingerprint density at radius 3 is 2.33 bits per heavy atom. The summed E-state index contributed by atoms with van der Waals surface area (Å²) in [5, 5.41) is 41.6. The van der Waals surface area contributed by atoms with E-state index in [0.29, 0.717) is 36.8 Å². The zero-order chi connectivity index (χ0) is 31.5. The number of hydrogen-bond acceptors (Lipinski definition) is 7. The number of aliphatic hydroxyl groups is 3. The summed E-state index contributed by atoms with van der Waals surface area (Å²) in [6, 6.07) is 27.9. The molecule has 0 aliphatic carbocycles. The van der Waals surface area contributed by atoms with Crippen LogP contribution in [0.2, 0.25) is 0 Å². The van der Waals surface area contributed by atoms with Crippen LogP contribution in [0.4, 0.5) is 14.9 Å². The lowest BCUT2D eigenvalue weighted by atomic mass is 9.92. The lowest BCUT2D eigenvalue weighted by molar-refractivity contribution is -0.113. The van der Waals surface area contributed by atoms with Crippen LogP contribution in [-0.2, 0) is 4.74 Å². The number of carbonyl (C=O) groups is 1. The molecule has 2 saturated heterocycles. The maximum atomic E-state index is 13.4. The highest BCUT2D eigenvalue weighted by Gasteiger charge is 2.43. The van der Waals surface area contributed by atoms with Crippen LogP contribution in [0.5, 0.6) is 5.75 Å². The molecular weight excluding hydrogens is 593 g/mol. The highest BCUT2D eigenvalue weighted by molar-refractivity contribution is 8.14. The maximum absolute atomic E-state index is 13.4. The van der Waals surface area contributed by atoms with Gasteiger partial charge in [0.2, 0.25) is 0 Å². The van der Waals surface area contributed by atoms with Crippen molar-refractivity contribution in [3.63, 3.8) is 0 Å². The van der Waals surface area contributed by atoms with E-state index in [1.165, 1.54) is 23.9 Å². The predicted molar refractivity (Wildman–Crippen MR) is 173 cm³/mol. The molecule has 9 heteroatoms. The predicted octanol–water partition coefficient (Wildman–Crippen LogP) is 7.07. The minimum atomic E-state index is -0.816. The summed E-state index contributed by atoms with van der Waals surface area (Å²) >= 11 is 1.20. The first-order chi connectivity index (χ1) is 21.8. The van der Waals surface area contributed by atoms with E-state index >= 15 is 0 Å². The summed E-state index contributed by atoms with van der Waals surface area (Å²) in [6.07, 6.45) is -0.324. The fourth-order valence-electron chi connectivity index (χ4n) is 6.30. The Kier molecular flexibility index (Phi) is 9.53. The fraction of sp³-hybridized carbons (Fsp3) is 0.306. The number of amides is 1. The first kappa shape index (κ1) is 31.3. The number of phenolic OH excluding ortho intramolecular Hbond substituents is 1. The van der Waals surface area contributed by atoms with Crippen molar-refractivity contribution in [2.75, 3.05) is 11.5 Å². The van der Waals surface area contributed by atoms with Gasteiger partial charge in [0.25, 0.3) is 5.24 Å². The molecule has 234 valence electrons. The van der Waals surface area contributed by atoms with Gasteiger partial charge in [0.1, 0.15) is 11.6 Å². The van der Waals surface area contributed by atoms with Gasteiger partial charge in [-0.25, -0.2) is 4.39 Å². The van der Waals surface area contributed by atoms with Crippen molar-refractivity contribution >= 4 is 22.7 Å². The average molecular weight is 630 g/mol. The van der Waals surface area contributed by atoms with Gasteiger partial charge < -0.3 is 25.2 Å². The van der Waals surface area contributed by atoms with Crippen LogP contribution in [0.25, 0.3) is 11.1 Å². The molecule has 1 amide bonds. The number of benzene rings is 4.